The number of hydrogen-bond donors (Lipinski definition) is 1. The van der Waals surface area contributed by atoms with Gasteiger partial charge in [0.25, 0.3) is 0 Å². The number of anilines is 1. The molecule has 1 aliphatic rings. The standard InChI is InChI=1S/C15H14N2O2/c1-19-13-7-4-5-10-9-11(15(18)17-14(10)13)12-6-2-3-8-16-12/h2-8,11H,9H2,1H3,(H,17,18). The van der Waals surface area contributed by atoms with E-state index in [-0.39, 0.29) is 11.8 Å². The molecule has 0 aliphatic carbocycles. The molecule has 3 rings (SSSR count). The Morgan fingerprint density at radius 3 is 2.89 bits per heavy atom. The second kappa shape index (κ2) is 4.72. The van der Waals surface area contributed by atoms with Crippen molar-refractivity contribution in [2.75, 3.05) is 12.4 Å². The van der Waals surface area contributed by atoms with E-state index in [4.69, 9.17) is 4.74 Å². The number of aromatic nitrogens is 1. The summed E-state index contributed by atoms with van der Waals surface area (Å²) < 4.78 is 5.27. The predicted octanol–water partition coefficient (Wildman–Crippen LogP) is 2.37. The maximum absolute atomic E-state index is 12.2. The van der Waals surface area contributed by atoms with Crippen LogP contribution in [-0.2, 0) is 11.2 Å². The Kier molecular flexibility index (Phi) is 2.91. The molecule has 4 heteroatoms. The van der Waals surface area contributed by atoms with Crippen molar-refractivity contribution in [3.8, 4) is 5.75 Å². The molecule has 96 valence electrons. The number of carbonyl (C=O) groups is 1. The van der Waals surface area contributed by atoms with Gasteiger partial charge in [0.1, 0.15) is 5.75 Å². The minimum absolute atomic E-state index is 0.0318. The van der Waals surface area contributed by atoms with Crippen LogP contribution in [0.3, 0.4) is 0 Å². The fraction of sp³-hybridized carbons (Fsp3) is 0.200. The molecule has 19 heavy (non-hydrogen) atoms. The van der Waals surface area contributed by atoms with Crippen LogP contribution in [0.2, 0.25) is 0 Å². The molecule has 1 amide bonds. The third-order valence-corrected chi connectivity index (χ3v) is 3.37. The third kappa shape index (κ3) is 2.05. The van der Waals surface area contributed by atoms with Crippen molar-refractivity contribution < 1.29 is 9.53 Å². The van der Waals surface area contributed by atoms with Crippen molar-refractivity contribution in [2.24, 2.45) is 0 Å². The van der Waals surface area contributed by atoms with Gasteiger partial charge >= 0.3 is 0 Å². The minimum atomic E-state index is -0.235. The van der Waals surface area contributed by atoms with E-state index >= 15 is 0 Å². The summed E-state index contributed by atoms with van der Waals surface area (Å²) in [6.07, 6.45) is 2.36. The number of hydrogen-bond acceptors (Lipinski definition) is 3. The fourth-order valence-electron chi connectivity index (χ4n) is 2.40. The van der Waals surface area contributed by atoms with Gasteiger partial charge in [-0.15, -0.1) is 0 Å². The van der Waals surface area contributed by atoms with Crippen LogP contribution in [0.25, 0.3) is 0 Å². The van der Waals surface area contributed by atoms with E-state index in [2.05, 4.69) is 10.3 Å². The van der Waals surface area contributed by atoms with Crippen molar-refractivity contribution in [1.82, 2.24) is 4.98 Å². The van der Waals surface area contributed by atoms with E-state index in [9.17, 15) is 4.79 Å². The van der Waals surface area contributed by atoms with E-state index in [1.165, 1.54) is 0 Å². The first-order valence-corrected chi connectivity index (χ1v) is 6.17. The van der Waals surface area contributed by atoms with E-state index in [0.29, 0.717) is 12.2 Å². The zero-order chi connectivity index (χ0) is 13.2. The van der Waals surface area contributed by atoms with Crippen LogP contribution in [-0.4, -0.2) is 18.0 Å². The molecule has 1 aromatic heterocycles. The highest BCUT2D eigenvalue weighted by atomic mass is 16.5. The summed E-state index contributed by atoms with van der Waals surface area (Å²) in [5.41, 5.74) is 2.66. The number of benzene rings is 1. The maximum atomic E-state index is 12.2. The summed E-state index contributed by atoms with van der Waals surface area (Å²) in [4.78, 5) is 16.5. The summed E-state index contributed by atoms with van der Waals surface area (Å²) in [5.74, 6) is 0.432. The molecular formula is C15H14N2O2. The smallest absolute Gasteiger partial charge is 0.233 e. The highest BCUT2D eigenvalue weighted by molar-refractivity contribution is 6.00. The lowest BCUT2D eigenvalue weighted by atomic mass is 9.90. The lowest BCUT2D eigenvalue weighted by molar-refractivity contribution is -0.117. The molecule has 1 N–H and O–H groups in total. The maximum Gasteiger partial charge on any atom is 0.233 e. The summed E-state index contributed by atoms with van der Waals surface area (Å²) in [6, 6.07) is 11.4. The molecule has 2 heterocycles. The number of para-hydroxylation sites is 1. The molecule has 0 fully saturated rings. The number of ether oxygens (including phenoxy) is 1. The van der Waals surface area contributed by atoms with Crippen LogP contribution < -0.4 is 10.1 Å². The number of fused-ring (bicyclic) bond motifs is 1. The SMILES string of the molecule is COc1cccc2c1NC(=O)C(c1ccccn1)C2. The molecule has 0 bridgehead atoms. The third-order valence-electron chi connectivity index (χ3n) is 3.37. The first-order chi connectivity index (χ1) is 9.29. The predicted molar refractivity (Wildman–Crippen MR) is 72.3 cm³/mol. The van der Waals surface area contributed by atoms with Gasteiger partial charge in [-0.05, 0) is 30.2 Å². The number of pyridine rings is 1. The Bertz CT molecular complexity index is 611. The largest absolute Gasteiger partial charge is 0.495 e. The summed E-state index contributed by atoms with van der Waals surface area (Å²) >= 11 is 0. The van der Waals surface area contributed by atoms with Gasteiger partial charge in [-0.25, -0.2) is 0 Å². The molecule has 0 saturated heterocycles. The summed E-state index contributed by atoms with van der Waals surface area (Å²) in [7, 11) is 1.60. The van der Waals surface area contributed by atoms with Gasteiger partial charge < -0.3 is 10.1 Å². The van der Waals surface area contributed by atoms with E-state index in [1.54, 1.807) is 13.3 Å². The molecule has 4 nitrogen and oxygen atoms in total. The Hall–Kier alpha value is -2.36. The number of nitrogens with zero attached hydrogens (tertiary/aromatic N) is 1. The number of amides is 1. The number of carbonyl (C=O) groups excluding carboxylic acids is 1. The van der Waals surface area contributed by atoms with Crippen molar-refractivity contribution in [3.63, 3.8) is 0 Å². The first kappa shape index (κ1) is 11.7. The second-order valence-electron chi connectivity index (χ2n) is 4.49. The highest BCUT2D eigenvalue weighted by Gasteiger charge is 2.29. The normalized spacial score (nSPS) is 17.5. The van der Waals surface area contributed by atoms with Crippen LogP contribution in [0.5, 0.6) is 5.75 Å². The topological polar surface area (TPSA) is 51.2 Å². The van der Waals surface area contributed by atoms with Crippen molar-refractivity contribution in [2.45, 2.75) is 12.3 Å². The molecular weight excluding hydrogens is 240 g/mol. The van der Waals surface area contributed by atoms with Gasteiger partial charge in [-0.1, -0.05) is 18.2 Å². The van der Waals surface area contributed by atoms with Crippen LogP contribution >= 0.6 is 0 Å². The Labute approximate surface area is 111 Å². The highest BCUT2D eigenvalue weighted by Crippen LogP contribution is 2.36. The second-order valence-corrected chi connectivity index (χ2v) is 4.49. The van der Waals surface area contributed by atoms with Crippen LogP contribution in [0, 0.1) is 0 Å². The van der Waals surface area contributed by atoms with Gasteiger partial charge in [0.2, 0.25) is 5.91 Å². The molecule has 1 aromatic carbocycles. The summed E-state index contributed by atoms with van der Waals surface area (Å²) in [5, 5.41) is 2.92. The van der Waals surface area contributed by atoms with Gasteiger partial charge in [-0.2, -0.15) is 0 Å². The van der Waals surface area contributed by atoms with E-state index in [1.807, 2.05) is 36.4 Å². The zero-order valence-corrected chi connectivity index (χ0v) is 10.6. The van der Waals surface area contributed by atoms with Crippen molar-refractivity contribution >= 4 is 11.6 Å². The lowest BCUT2D eigenvalue weighted by Gasteiger charge is -2.25. The number of nitrogens with one attached hydrogen (secondary N) is 1. The summed E-state index contributed by atoms with van der Waals surface area (Å²) in [6.45, 7) is 0. The van der Waals surface area contributed by atoms with Gasteiger partial charge in [-0.3, -0.25) is 9.78 Å². The molecule has 1 unspecified atom stereocenters. The van der Waals surface area contributed by atoms with Crippen LogP contribution in [0.15, 0.2) is 42.6 Å². The molecule has 0 saturated carbocycles. The van der Waals surface area contributed by atoms with Gasteiger partial charge in [0.15, 0.2) is 0 Å². The number of methoxy groups -OCH3 is 1. The van der Waals surface area contributed by atoms with E-state index in [0.717, 1.165) is 16.9 Å². The van der Waals surface area contributed by atoms with Crippen LogP contribution in [0.4, 0.5) is 5.69 Å². The Morgan fingerprint density at radius 1 is 1.26 bits per heavy atom. The monoisotopic (exact) mass is 254 g/mol. The van der Waals surface area contributed by atoms with Gasteiger partial charge in [0, 0.05) is 6.20 Å². The number of rotatable bonds is 2. The lowest BCUT2D eigenvalue weighted by Crippen LogP contribution is -2.29. The fourth-order valence-corrected chi connectivity index (χ4v) is 2.40. The average molecular weight is 254 g/mol. The molecule has 0 spiro atoms. The quantitative estimate of drug-likeness (QED) is 0.895. The minimum Gasteiger partial charge on any atom is -0.495 e. The molecule has 2 aromatic rings. The zero-order valence-electron chi connectivity index (χ0n) is 10.6. The first-order valence-electron chi connectivity index (χ1n) is 6.17. The van der Waals surface area contributed by atoms with Gasteiger partial charge in [0.05, 0.1) is 24.4 Å². The van der Waals surface area contributed by atoms with E-state index < -0.39 is 0 Å². The van der Waals surface area contributed by atoms with Crippen molar-refractivity contribution in [3.05, 3.63) is 53.9 Å². The molecule has 1 atom stereocenters. The molecule has 0 radical (unpaired) electrons. The molecule has 1 aliphatic heterocycles. The van der Waals surface area contributed by atoms with Crippen LogP contribution in [0.1, 0.15) is 17.2 Å². The van der Waals surface area contributed by atoms with Crippen molar-refractivity contribution in [1.29, 1.82) is 0 Å². The Morgan fingerprint density at radius 2 is 2.16 bits per heavy atom. The average Bonchev–Trinajstić information content (AvgIpc) is 2.47. The Balaban J connectivity index is 1.99.